The van der Waals surface area contributed by atoms with Crippen LogP contribution >= 0.6 is 0 Å². The first kappa shape index (κ1) is 16.6. The lowest BCUT2D eigenvalue weighted by Crippen LogP contribution is -2.52. The van der Waals surface area contributed by atoms with Gasteiger partial charge in [0.2, 0.25) is 0 Å². The molecule has 0 atom stereocenters. The van der Waals surface area contributed by atoms with Crippen molar-refractivity contribution in [3.63, 3.8) is 0 Å². The molecule has 0 radical (unpaired) electrons. The molecular weight excluding hydrogens is 334 g/mol. The predicted molar refractivity (Wildman–Crippen MR) is 93.4 cm³/mol. The summed E-state index contributed by atoms with van der Waals surface area (Å²) in [5, 5.41) is 14.0. The van der Waals surface area contributed by atoms with Gasteiger partial charge in [0, 0.05) is 44.1 Å². The molecule has 7 nitrogen and oxygen atoms in total. The van der Waals surface area contributed by atoms with Crippen LogP contribution in [0.3, 0.4) is 0 Å². The highest BCUT2D eigenvalue weighted by atomic mass is 16.5. The average molecular weight is 355 g/mol. The molecule has 0 saturated carbocycles. The van der Waals surface area contributed by atoms with Gasteiger partial charge >= 0.3 is 5.97 Å². The van der Waals surface area contributed by atoms with Crippen LogP contribution in [-0.2, 0) is 16.8 Å². The van der Waals surface area contributed by atoms with Crippen LogP contribution in [0.25, 0.3) is 0 Å². The number of amides is 1. The number of likely N-dealkylation sites (tertiary alicyclic amines) is 1. The third kappa shape index (κ3) is 2.64. The van der Waals surface area contributed by atoms with Gasteiger partial charge in [0.05, 0.1) is 12.8 Å². The van der Waals surface area contributed by atoms with Gasteiger partial charge in [-0.3, -0.25) is 9.48 Å². The fourth-order valence-corrected chi connectivity index (χ4v) is 3.77. The molecule has 3 heterocycles. The largest absolute Gasteiger partial charge is 0.493 e. The number of piperidine rings is 1. The van der Waals surface area contributed by atoms with Crippen LogP contribution in [0.4, 0.5) is 0 Å². The van der Waals surface area contributed by atoms with E-state index in [2.05, 4.69) is 5.10 Å². The van der Waals surface area contributed by atoms with Crippen LogP contribution in [0.5, 0.6) is 5.75 Å². The molecule has 2 aliphatic rings. The number of nitrogens with zero attached hydrogens (tertiary/aromatic N) is 3. The van der Waals surface area contributed by atoms with E-state index in [0.29, 0.717) is 38.1 Å². The predicted octanol–water partition coefficient (Wildman–Crippen LogP) is 1.84. The molecule has 26 heavy (non-hydrogen) atoms. The molecule has 1 aromatic carbocycles. The van der Waals surface area contributed by atoms with Gasteiger partial charge < -0.3 is 14.7 Å². The van der Waals surface area contributed by atoms with Gasteiger partial charge in [-0.25, -0.2) is 4.79 Å². The van der Waals surface area contributed by atoms with E-state index in [1.54, 1.807) is 28.0 Å². The summed E-state index contributed by atoms with van der Waals surface area (Å²) >= 11 is 0. The molecule has 1 saturated heterocycles. The van der Waals surface area contributed by atoms with Gasteiger partial charge in [-0.15, -0.1) is 0 Å². The Bertz CT molecular complexity index is 865. The molecule has 1 N–H and O–H groups in total. The number of rotatable bonds is 3. The lowest BCUT2D eigenvalue weighted by Gasteiger charge is -2.39. The molecule has 2 aromatic rings. The Kier molecular flexibility index (Phi) is 3.94. The molecule has 0 bridgehead atoms. The highest BCUT2D eigenvalue weighted by molar-refractivity contribution is 5.95. The van der Waals surface area contributed by atoms with Crippen LogP contribution in [0.1, 0.15) is 34.3 Å². The van der Waals surface area contributed by atoms with Crippen LogP contribution in [0.15, 0.2) is 30.6 Å². The van der Waals surface area contributed by atoms with Crippen LogP contribution in [-0.4, -0.2) is 51.4 Å². The van der Waals surface area contributed by atoms with Gasteiger partial charge in [-0.2, -0.15) is 5.10 Å². The van der Waals surface area contributed by atoms with Crippen LogP contribution in [0, 0.1) is 6.92 Å². The molecule has 1 aromatic heterocycles. The Labute approximate surface area is 151 Å². The molecule has 0 aliphatic carbocycles. The summed E-state index contributed by atoms with van der Waals surface area (Å²) < 4.78 is 7.02. The molecular formula is C19H21N3O4. The number of aliphatic carboxylic acids is 1. The standard InChI is InChI=1S/C19H21N3O4/c1-13-11-20-22(12-13)19(18(24)25)5-7-21(8-6-19)17(23)15-2-3-16-14(10-15)4-9-26-16/h2-3,10-12H,4-9H2,1H3,(H,24,25). The first-order chi connectivity index (χ1) is 12.5. The smallest absolute Gasteiger partial charge is 0.331 e. The maximum absolute atomic E-state index is 12.8. The Morgan fingerprint density at radius 1 is 1.27 bits per heavy atom. The van der Waals surface area contributed by atoms with E-state index < -0.39 is 11.5 Å². The molecule has 1 amide bonds. The fourth-order valence-electron chi connectivity index (χ4n) is 3.77. The van der Waals surface area contributed by atoms with Crippen molar-refractivity contribution in [2.75, 3.05) is 19.7 Å². The van der Waals surface area contributed by atoms with Gasteiger partial charge in [0.1, 0.15) is 5.75 Å². The van der Waals surface area contributed by atoms with Crippen molar-refractivity contribution in [3.8, 4) is 5.75 Å². The summed E-state index contributed by atoms with van der Waals surface area (Å²) in [6, 6.07) is 5.51. The van der Waals surface area contributed by atoms with Crippen molar-refractivity contribution in [1.82, 2.24) is 14.7 Å². The van der Waals surface area contributed by atoms with Crippen molar-refractivity contribution in [2.24, 2.45) is 0 Å². The third-order valence-corrected chi connectivity index (χ3v) is 5.36. The lowest BCUT2D eigenvalue weighted by atomic mass is 9.87. The second kappa shape index (κ2) is 6.16. The number of ether oxygens (including phenoxy) is 1. The van der Waals surface area contributed by atoms with Crippen molar-refractivity contribution in [1.29, 1.82) is 0 Å². The zero-order valence-electron chi connectivity index (χ0n) is 14.6. The SMILES string of the molecule is Cc1cnn(C2(C(=O)O)CCN(C(=O)c3ccc4c(c3)CCO4)CC2)c1. The number of carbonyl (C=O) groups excluding carboxylic acids is 1. The molecule has 2 aliphatic heterocycles. The van der Waals surface area contributed by atoms with Crippen molar-refractivity contribution < 1.29 is 19.4 Å². The summed E-state index contributed by atoms with van der Waals surface area (Å²) in [6.45, 7) is 3.31. The number of benzene rings is 1. The molecule has 0 unspecified atom stereocenters. The van der Waals surface area contributed by atoms with E-state index in [9.17, 15) is 14.7 Å². The fraction of sp³-hybridized carbons (Fsp3) is 0.421. The molecule has 1 fully saturated rings. The van der Waals surface area contributed by atoms with Gasteiger partial charge in [0.25, 0.3) is 5.91 Å². The number of hydrogen-bond donors (Lipinski definition) is 1. The average Bonchev–Trinajstić information content (AvgIpc) is 3.29. The summed E-state index contributed by atoms with van der Waals surface area (Å²) in [6.07, 6.45) is 4.91. The topological polar surface area (TPSA) is 84.7 Å². The summed E-state index contributed by atoms with van der Waals surface area (Å²) in [7, 11) is 0. The minimum atomic E-state index is -1.09. The van der Waals surface area contributed by atoms with Crippen molar-refractivity contribution >= 4 is 11.9 Å². The van der Waals surface area contributed by atoms with E-state index in [4.69, 9.17) is 4.74 Å². The number of carboxylic acid groups (broad SMARTS) is 1. The number of carbonyl (C=O) groups is 2. The number of aromatic nitrogens is 2. The van der Waals surface area contributed by atoms with Gasteiger partial charge in [-0.05, 0) is 36.2 Å². The zero-order valence-corrected chi connectivity index (χ0v) is 14.6. The van der Waals surface area contributed by atoms with Crippen LogP contribution in [0.2, 0.25) is 0 Å². The van der Waals surface area contributed by atoms with E-state index in [0.717, 1.165) is 23.3 Å². The second-order valence-electron chi connectivity index (χ2n) is 7.01. The third-order valence-electron chi connectivity index (χ3n) is 5.36. The van der Waals surface area contributed by atoms with E-state index in [-0.39, 0.29) is 5.91 Å². The Morgan fingerprint density at radius 2 is 2.04 bits per heavy atom. The first-order valence-corrected chi connectivity index (χ1v) is 8.80. The summed E-state index contributed by atoms with van der Waals surface area (Å²) in [5.41, 5.74) is 1.52. The monoisotopic (exact) mass is 355 g/mol. The van der Waals surface area contributed by atoms with E-state index >= 15 is 0 Å². The van der Waals surface area contributed by atoms with E-state index in [1.165, 1.54) is 0 Å². The summed E-state index contributed by atoms with van der Waals surface area (Å²) in [4.78, 5) is 26.5. The second-order valence-corrected chi connectivity index (χ2v) is 7.01. The normalized spacial score (nSPS) is 18.3. The maximum Gasteiger partial charge on any atom is 0.331 e. The van der Waals surface area contributed by atoms with Crippen molar-refractivity contribution in [2.45, 2.75) is 31.7 Å². The Hall–Kier alpha value is -2.83. The summed E-state index contributed by atoms with van der Waals surface area (Å²) in [5.74, 6) is -0.114. The van der Waals surface area contributed by atoms with Crippen LogP contribution < -0.4 is 4.74 Å². The Balaban J connectivity index is 1.52. The molecule has 0 spiro atoms. The van der Waals surface area contributed by atoms with Gasteiger partial charge in [-0.1, -0.05) is 0 Å². The Morgan fingerprint density at radius 3 is 2.69 bits per heavy atom. The highest BCUT2D eigenvalue weighted by Gasteiger charge is 2.45. The first-order valence-electron chi connectivity index (χ1n) is 8.80. The maximum atomic E-state index is 12.8. The molecule has 136 valence electrons. The minimum absolute atomic E-state index is 0.0599. The molecule has 7 heteroatoms. The number of aryl methyl sites for hydroxylation is 1. The quantitative estimate of drug-likeness (QED) is 0.908. The highest BCUT2D eigenvalue weighted by Crippen LogP contribution is 2.32. The lowest BCUT2D eigenvalue weighted by molar-refractivity contribution is -0.150. The van der Waals surface area contributed by atoms with E-state index in [1.807, 2.05) is 19.1 Å². The van der Waals surface area contributed by atoms with Crippen molar-refractivity contribution in [3.05, 3.63) is 47.3 Å². The van der Waals surface area contributed by atoms with Gasteiger partial charge in [0.15, 0.2) is 5.54 Å². The number of hydrogen-bond acceptors (Lipinski definition) is 4. The number of fused-ring (bicyclic) bond motifs is 1. The molecule has 4 rings (SSSR count). The minimum Gasteiger partial charge on any atom is -0.493 e. The number of carboxylic acids is 1. The zero-order chi connectivity index (χ0) is 18.3.